The van der Waals surface area contributed by atoms with Gasteiger partial charge in [0, 0.05) is 23.2 Å². The summed E-state index contributed by atoms with van der Waals surface area (Å²) in [6, 6.07) is 3.90. The fourth-order valence-corrected chi connectivity index (χ4v) is 3.75. The Morgan fingerprint density at radius 2 is 2.00 bits per heavy atom. The molecule has 1 aromatic carbocycles. The predicted octanol–water partition coefficient (Wildman–Crippen LogP) is 4.00. The summed E-state index contributed by atoms with van der Waals surface area (Å²) < 4.78 is 5.73. The van der Waals surface area contributed by atoms with E-state index in [1.807, 2.05) is 6.07 Å². The Bertz CT molecular complexity index is 637. The molecular weight excluding hydrogens is 337 g/mol. The highest BCUT2D eigenvalue weighted by molar-refractivity contribution is 6.36. The Labute approximate surface area is 145 Å². The average Bonchev–Trinajstić information content (AvgIpc) is 2.52. The van der Waals surface area contributed by atoms with E-state index in [9.17, 15) is 4.79 Å². The standard InChI is InChI=1S/C17H19Cl2NO3/c18-13-6-12-5-10(9-23-16(12)15(19)7-13)8-20-14-3-1-11(2-4-14)17(21)22/h5-7,11,14,20H,1-4,8-9H2,(H,21,22). The van der Waals surface area contributed by atoms with E-state index in [0.29, 0.717) is 28.4 Å². The SMILES string of the molecule is O=C(O)C1CCC(NCC2=Cc3cc(Cl)cc(Cl)c3OC2)CC1. The van der Waals surface area contributed by atoms with Gasteiger partial charge in [0.05, 0.1) is 10.9 Å². The molecule has 0 saturated heterocycles. The monoisotopic (exact) mass is 355 g/mol. The van der Waals surface area contributed by atoms with Gasteiger partial charge < -0.3 is 15.2 Å². The summed E-state index contributed by atoms with van der Waals surface area (Å²) in [5.74, 6) is -0.166. The smallest absolute Gasteiger partial charge is 0.306 e. The Kier molecular flexibility index (Phi) is 5.14. The lowest BCUT2D eigenvalue weighted by molar-refractivity contribution is -0.142. The van der Waals surface area contributed by atoms with E-state index in [1.54, 1.807) is 6.07 Å². The highest BCUT2D eigenvalue weighted by atomic mass is 35.5. The van der Waals surface area contributed by atoms with Crippen molar-refractivity contribution in [2.45, 2.75) is 31.7 Å². The van der Waals surface area contributed by atoms with Crippen molar-refractivity contribution in [2.75, 3.05) is 13.2 Å². The molecule has 0 aromatic heterocycles. The van der Waals surface area contributed by atoms with Gasteiger partial charge in [-0.05, 0) is 49.5 Å². The number of halogens is 2. The molecule has 0 radical (unpaired) electrons. The van der Waals surface area contributed by atoms with Gasteiger partial charge in [0.15, 0.2) is 0 Å². The van der Waals surface area contributed by atoms with Crippen LogP contribution in [0.2, 0.25) is 10.0 Å². The molecule has 1 aromatic rings. The number of aliphatic carboxylic acids is 1. The van der Waals surface area contributed by atoms with Crippen LogP contribution in [0.1, 0.15) is 31.2 Å². The molecular formula is C17H19Cl2NO3. The zero-order chi connectivity index (χ0) is 16.4. The molecule has 0 spiro atoms. The highest BCUT2D eigenvalue weighted by Crippen LogP contribution is 2.36. The van der Waals surface area contributed by atoms with E-state index >= 15 is 0 Å². The summed E-state index contributed by atoms with van der Waals surface area (Å²) in [7, 11) is 0. The minimum atomic E-state index is -0.669. The molecule has 124 valence electrons. The summed E-state index contributed by atoms with van der Waals surface area (Å²) in [6.45, 7) is 1.23. The summed E-state index contributed by atoms with van der Waals surface area (Å²) in [5.41, 5.74) is 2.04. The van der Waals surface area contributed by atoms with Crippen LogP contribution < -0.4 is 10.1 Å². The van der Waals surface area contributed by atoms with Crippen LogP contribution in [-0.2, 0) is 4.79 Å². The predicted molar refractivity (Wildman–Crippen MR) is 91.3 cm³/mol. The number of ether oxygens (including phenoxy) is 1. The van der Waals surface area contributed by atoms with E-state index in [1.165, 1.54) is 0 Å². The molecule has 1 heterocycles. The van der Waals surface area contributed by atoms with Gasteiger partial charge in [-0.15, -0.1) is 0 Å². The van der Waals surface area contributed by atoms with E-state index in [0.717, 1.165) is 43.4 Å². The van der Waals surface area contributed by atoms with Crippen LogP contribution in [0.4, 0.5) is 0 Å². The summed E-state index contributed by atoms with van der Waals surface area (Å²) in [6.07, 6.45) is 5.36. The van der Waals surface area contributed by atoms with Crippen molar-refractivity contribution in [2.24, 2.45) is 5.92 Å². The van der Waals surface area contributed by atoms with Crippen molar-refractivity contribution in [1.82, 2.24) is 5.32 Å². The molecule has 2 aliphatic rings. The Morgan fingerprint density at radius 1 is 1.26 bits per heavy atom. The number of hydrogen-bond acceptors (Lipinski definition) is 3. The summed E-state index contributed by atoms with van der Waals surface area (Å²) in [5, 5.41) is 13.7. The number of hydrogen-bond donors (Lipinski definition) is 2. The zero-order valence-electron chi connectivity index (χ0n) is 12.6. The summed E-state index contributed by atoms with van der Waals surface area (Å²) in [4.78, 5) is 11.0. The molecule has 1 fully saturated rings. The largest absolute Gasteiger partial charge is 0.487 e. The number of benzene rings is 1. The maximum absolute atomic E-state index is 11.0. The second-order valence-electron chi connectivity index (χ2n) is 6.16. The Hall–Kier alpha value is -1.23. The first-order valence-electron chi connectivity index (χ1n) is 7.80. The second-order valence-corrected chi connectivity index (χ2v) is 7.01. The molecule has 6 heteroatoms. The topological polar surface area (TPSA) is 58.6 Å². The molecule has 0 atom stereocenters. The fraction of sp³-hybridized carbons (Fsp3) is 0.471. The van der Waals surface area contributed by atoms with Crippen LogP contribution in [0.3, 0.4) is 0 Å². The van der Waals surface area contributed by atoms with E-state index in [4.69, 9.17) is 33.0 Å². The average molecular weight is 356 g/mol. The van der Waals surface area contributed by atoms with Crippen molar-refractivity contribution >= 4 is 35.2 Å². The lowest BCUT2D eigenvalue weighted by Gasteiger charge is -2.28. The van der Waals surface area contributed by atoms with Crippen molar-refractivity contribution in [3.63, 3.8) is 0 Å². The molecule has 1 aliphatic carbocycles. The first-order valence-corrected chi connectivity index (χ1v) is 8.56. The van der Waals surface area contributed by atoms with Gasteiger partial charge in [0.25, 0.3) is 0 Å². The first kappa shape index (κ1) is 16.6. The van der Waals surface area contributed by atoms with Crippen molar-refractivity contribution in [3.05, 3.63) is 33.3 Å². The number of nitrogens with one attached hydrogen (secondary N) is 1. The quantitative estimate of drug-likeness (QED) is 0.856. The number of rotatable bonds is 4. The van der Waals surface area contributed by atoms with Crippen LogP contribution in [0, 0.1) is 5.92 Å². The van der Waals surface area contributed by atoms with Crippen LogP contribution in [0.5, 0.6) is 5.75 Å². The summed E-state index contributed by atoms with van der Waals surface area (Å²) >= 11 is 12.2. The van der Waals surface area contributed by atoms with Crippen LogP contribution in [0.15, 0.2) is 17.7 Å². The van der Waals surface area contributed by atoms with E-state index in [2.05, 4.69) is 11.4 Å². The van der Waals surface area contributed by atoms with Crippen molar-refractivity contribution in [3.8, 4) is 5.75 Å². The lowest BCUT2D eigenvalue weighted by atomic mass is 9.86. The maximum atomic E-state index is 11.0. The number of carboxylic acid groups (broad SMARTS) is 1. The second kappa shape index (κ2) is 7.12. The molecule has 0 amide bonds. The van der Waals surface area contributed by atoms with E-state index in [-0.39, 0.29) is 5.92 Å². The maximum Gasteiger partial charge on any atom is 0.306 e. The van der Waals surface area contributed by atoms with Gasteiger partial charge in [0.2, 0.25) is 0 Å². The molecule has 0 unspecified atom stereocenters. The molecule has 4 nitrogen and oxygen atoms in total. The molecule has 3 rings (SSSR count). The van der Waals surface area contributed by atoms with Gasteiger partial charge in [-0.2, -0.15) is 0 Å². The Balaban J connectivity index is 1.57. The van der Waals surface area contributed by atoms with Gasteiger partial charge in [-0.1, -0.05) is 23.2 Å². The molecule has 1 aliphatic heterocycles. The van der Waals surface area contributed by atoms with Crippen LogP contribution in [0.25, 0.3) is 6.08 Å². The molecule has 2 N–H and O–H groups in total. The Morgan fingerprint density at radius 3 is 2.70 bits per heavy atom. The molecule has 0 bridgehead atoms. The van der Waals surface area contributed by atoms with Gasteiger partial charge >= 0.3 is 5.97 Å². The number of carboxylic acids is 1. The minimum Gasteiger partial charge on any atom is -0.487 e. The first-order chi connectivity index (χ1) is 11.0. The molecule has 23 heavy (non-hydrogen) atoms. The normalized spacial score (nSPS) is 23.7. The third-order valence-corrected chi connectivity index (χ3v) is 4.99. The van der Waals surface area contributed by atoms with E-state index < -0.39 is 5.97 Å². The number of carbonyl (C=O) groups is 1. The third kappa shape index (κ3) is 4.00. The third-order valence-electron chi connectivity index (χ3n) is 4.49. The highest BCUT2D eigenvalue weighted by Gasteiger charge is 2.26. The number of fused-ring (bicyclic) bond motifs is 1. The van der Waals surface area contributed by atoms with Crippen molar-refractivity contribution in [1.29, 1.82) is 0 Å². The van der Waals surface area contributed by atoms with Crippen LogP contribution in [-0.4, -0.2) is 30.3 Å². The molecule has 1 saturated carbocycles. The van der Waals surface area contributed by atoms with Crippen molar-refractivity contribution < 1.29 is 14.6 Å². The van der Waals surface area contributed by atoms with Gasteiger partial charge in [0.1, 0.15) is 12.4 Å². The van der Waals surface area contributed by atoms with Gasteiger partial charge in [-0.25, -0.2) is 0 Å². The van der Waals surface area contributed by atoms with Crippen LogP contribution >= 0.6 is 23.2 Å². The minimum absolute atomic E-state index is 0.179. The lowest BCUT2D eigenvalue weighted by Crippen LogP contribution is -2.36. The zero-order valence-corrected chi connectivity index (χ0v) is 14.2. The fourth-order valence-electron chi connectivity index (χ4n) is 3.19. The van der Waals surface area contributed by atoms with Gasteiger partial charge in [-0.3, -0.25) is 4.79 Å².